The van der Waals surface area contributed by atoms with Crippen LogP contribution >= 0.6 is 0 Å². The van der Waals surface area contributed by atoms with Crippen molar-refractivity contribution in [2.45, 2.75) is 51.5 Å². The Morgan fingerprint density at radius 1 is 1.07 bits per heavy atom. The summed E-state index contributed by atoms with van der Waals surface area (Å²) in [5.41, 5.74) is 1.10. The van der Waals surface area contributed by atoms with Gasteiger partial charge in [0.2, 0.25) is 0 Å². The minimum Gasteiger partial charge on any atom is -0.356 e. The second-order valence-electron chi connectivity index (χ2n) is 6.90. The highest BCUT2D eigenvalue weighted by atomic mass is 19.1. The fraction of sp³-hybridized carbons (Fsp3) is 0.550. The topological polar surface area (TPSA) is 67.1 Å². The summed E-state index contributed by atoms with van der Waals surface area (Å²) in [7, 11) is 1.77. The average molecular weight is 372 g/mol. The highest BCUT2D eigenvalue weighted by molar-refractivity contribution is 5.79. The summed E-state index contributed by atoms with van der Waals surface area (Å²) in [6, 6.07) is 6.62. The molecular weight excluding hydrogens is 343 g/mol. The van der Waals surface area contributed by atoms with Gasteiger partial charge in [-0.1, -0.05) is 18.6 Å². The Kier molecular flexibility index (Phi) is 7.19. The van der Waals surface area contributed by atoms with Gasteiger partial charge >= 0.3 is 0 Å². The summed E-state index contributed by atoms with van der Waals surface area (Å²) in [5, 5.41) is 15.4. The Labute approximate surface area is 160 Å². The van der Waals surface area contributed by atoms with Gasteiger partial charge in [-0.05, 0) is 43.4 Å². The normalized spacial score (nSPS) is 14.5. The summed E-state index contributed by atoms with van der Waals surface area (Å²) in [5.74, 6) is 2.84. The maximum absolute atomic E-state index is 12.9. The minimum atomic E-state index is -0.200. The lowest BCUT2D eigenvalue weighted by molar-refractivity contribution is 0.594. The van der Waals surface area contributed by atoms with Crippen LogP contribution < -0.4 is 10.6 Å². The van der Waals surface area contributed by atoms with Crippen LogP contribution in [0.2, 0.25) is 0 Å². The third-order valence-electron chi connectivity index (χ3n) is 4.90. The maximum atomic E-state index is 12.9. The zero-order valence-electron chi connectivity index (χ0n) is 16.0. The van der Waals surface area contributed by atoms with Crippen LogP contribution in [0.5, 0.6) is 0 Å². The van der Waals surface area contributed by atoms with Gasteiger partial charge in [-0.15, -0.1) is 10.2 Å². The van der Waals surface area contributed by atoms with Crippen molar-refractivity contribution in [1.29, 1.82) is 0 Å². The molecule has 0 saturated carbocycles. The van der Waals surface area contributed by atoms with Crippen LogP contribution in [0.25, 0.3) is 0 Å². The third kappa shape index (κ3) is 5.77. The van der Waals surface area contributed by atoms with Crippen molar-refractivity contribution in [3.8, 4) is 0 Å². The molecule has 2 heterocycles. The molecule has 6 nitrogen and oxygen atoms in total. The van der Waals surface area contributed by atoms with E-state index in [0.717, 1.165) is 68.5 Å². The third-order valence-corrected chi connectivity index (χ3v) is 4.90. The standard InChI is InChI=1S/C20H29FN6/c1-22-20(24-14-12-16-8-10-17(21)11-9-16)23-13-5-7-19-26-25-18-6-3-2-4-15-27(18)19/h8-11H,2-7,12-15H2,1H3,(H2,22,23,24). The second-order valence-corrected chi connectivity index (χ2v) is 6.90. The van der Waals surface area contributed by atoms with Crippen LogP contribution in [0.3, 0.4) is 0 Å². The van der Waals surface area contributed by atoms with E-state index in [-0.39, 0.29) is 5.82 Å². The molecule has 0 saturated heterocycles. The Morgan fingerprint density at radius 3 is 2.70 bits per heavy atom. The first-order valence-corrected chi connectivity index (χ1v) is 9.86. The Bertz CT molecular complexity index is 737. The van der Waals surface area contributed by atoms with E-state index in [0.29, 0.717) is 0 Å². The van der Waals surface area contributed by atoms with Crippen molar-refractivity contribution in [2.75, 3.05) is 20.1 Å². The van der Waals surface area contributed by atoms with E-state index in [1.807, 2.05) is 12.1 Å². The molecule has 0 fully saturated rings. The summed E-state index contributed by atoms with van der Waals surface area (Å²) < 4.78 is 15.2. The first-order valence-electron chi connectivity index (χ1n) is 9.86. The van der Waals surface area contributed by atoms with Crippen LogP contribution in [0.4, 0.5) is 4.39 Å². The van der Waals surface area contributed by atoms with Crippen molar-refractivity contribution in [3.05, 3.63) is 47.3 Å². The molecule has 0 amide bonds. The predicted octanol–water partition coefficient (Wildman–Crippen LogP) is 2.48. The molecular formula is C20H29FN6. The smallest absolute Gasteiger partial charge is 0.190 e. The molecule has 2 aromatic rings. The van der Waals surface area contributed by atoms with E-state index >= 15 is 0 Å². The number of rotatable bonds is 7. The van der Waals surface area contributed by atoms with Gasteiger partial charge < -0.3 is 15.2 Å². The number of aryl methyl sites for hydroxylation is 2. The molecule has 0 aliphatic carbocycles. The van der Waals surface area contributed by atoms with E-state index in [1.165, 1.54) is 31.4 Å². The Balaban J connectivity index is 1.36. The molecule has 27 heavy (non-hydrogen) atoms. The molecule has 2 N–H and O–H groups in total. The van der Waals surface area contributed by atoms with Crippen LogP contribution in [-0.2, 0) is 25.8 Å². The molecule has 1 aromatic heterocycles. The zero-order chi connectivity index (χ0) is 18.9. The van der Waals surface area contributed by atoms with Gasteiger partial charge in [0.25, 0.3) is 0 Å². The summed E-state index contributed by atoms with van der Waals surface area (Å²) >= 11 is 0. The largest absolute Gasteiger partial charge is 0.356 e. The zero-order valence-corrected chi connectivity index (χ0v) is 16.0. The number of nitrogens with zero attached hydrogens (tertiary/aromatic N) is 4. The minimum absolute atomic E-state index is 0.200. The van der Waals surface area contributed by atoms with Gasteiger partial charge in [0.15, 0.2) is 5.96 Å². The van der Waals surface area contributed by atoms with Gasteiger partial charge in [-0.2, -0.15) is 0 Å². The number of aliphatic imine (C=N–C) groups is 1. The number of guanidine groups is 1. The summed E-state index contributed by atoms with van der Waals surface area (Å²) in [4.78, 5) is 4.25. The van der Waals surface area contributed by atoms with Gasteiger partial charge in [-0.25, -0.2) is 4.39 Å². The monoisotopic (exact) mass is 372 g/mol. The van der Waals surface area contributed by atoms with Crippen molar-refractivity contribution < 1.29 is 4.39 Å². The number of fused-ring (bicyclic) bond motifs is 1. The van der Waals surface area contributed by atoms with Gasteiger partial charge in [0, 0.05) is 39.5 Å². The molecule has 1 aromatic carbocycles. The summed E-state index contributed by atoms with van der Waals surface area (Å²) in [6.07, 6.45) is 7.51. The molecule has 0 spiro atoms. The van der Waals surface area contributed by atoms with Gasteiger partial charge in [0.1, 0.15) is 17.5 Å². The van der Waals surface area contributed by atoms with E-state index in [1.54, 1.807) is 7.05 Å². The first kappa shape index (κ1) is 19.3. The highest BCUT2D eigenvalue weighted by Crippen LogP contribution is 2.15. The number of halogens is 1. The number of nitrogens with one attached hydrogen (secondary N) is 2. The molecule has 0 unspecified atom stereocenters. The highest BCUT2D eigenvalue weighted by Gasteiger charge is 2.14. The fourth-order valence-corrected chi connectivity index (χ4v) is 3.38. The van der Waals surface area contributed by atoms with E-state index in [4.69, 9.17) is 0 Å². The average Bonchev–Trinajstić information content (AvgIpc) is 2.91. The molecule has 0 atom stereocenters. The van der Waals surface area contributed by atoms with Crippen LogP contribution in [-0.4, -0.2) is 40.9 Å². The molecule has 1 aliphatic heterocycles. The molecule has 0 radical (unpaired) electrons. The van der Waals surface area contributed by atoms with Crippen molar-refractivity contribution in [3.63, 3.8) is 0 Å². The number of benzene rings is 1. The number of aromatic nitrogens is 3. The SMILES string of the molecule is CN=C(NCCCc1nnc2n1CCCCC2)NCCc1ccc(F)cc1. The first-order chi connectivity index (χ1) is 13.3. The van der Waals surface area contributed by atoms with Crippen molar-refractivity contribution >= 4 is 5.96 Å². The summed E-state index contributed by atoms with van der Waals surface area (Å²) in [6.45, 7) is 2.64. The van der Waals surface area contributed by atoms with Crippen molar-refractivity contribution in [2.24, 2.45) is 4.99 Å². The molecule has 0 bridgehead atoms. The lowest BCUT2D eigenvalue weighted by Gasteiger charge is -2.12. The van der Waals surface area contributed by atoms with Crippen molar-refractivity contribution in [1.82, 2.24) is 25.4 Å². The van der Waals surface area contributed by atoms with Gasteiger partial charge in [-0.3, -0.25) is 4.99 Å². The molecule has 1 aliphatic rings. The van der Waals surface area contributed by atoms with Crippen LogP contribution in [0, 0.1) is 5.82 Å². The van der Waals surface area contributed by atoms with Crippen LogP contribution in [0.1, 0.15) is 42.9 Å². The van der Waals surface area contributed by atoms with Gasteiger partial charge in [0.05, 0.1) is 0 Å². The fourth-order valence-electron chi connectivity index (χ4n) is 3.38. The molecule has 7 heteroatoms. The number of hydrogen-bond donors (Lipinski definition) is 2. The van der Waals surface area contributed by atoms with E-state index in [9.17, 15) is 4.39 Å². The Hall–Kier alpha value is -2.44. The maximum Gasteiger partial charge on any atom is 0.190 e. The Morgan fingerprint density at radius 2 is 1.89 bits per heavy atom. The quantitative estimate of drug-likeness (QED) is 0.445. The van der Waals surface area contributed by atoms with Crippen LogP contribution in [0.15, 0.2) is 29.3 Å². The second kappa shape index (κ2) is 10.0. The molecule has 3 rings (SSSR count). The predicted molar refractivity (Wildman–Crippen MR) is 105 cm³/mol. The van der Waals surface area contributed by atoms with E-state index in [2.05, 4.69) is 30.4 Å². The lowest BCUT2D eigenvalue weighted by Crippen LogP contribution is -2.38. The number of hydrogen-bond acceptors (Lipinski definition) is 3. The molecule has 146 valence electrons. The van der Waals surface area contributed by atoms with E-state index < -0.39 is 0 Å². The lowest BCUT2D eigenvalue weighted by atomic mass is 10.1.